The van der Waals surface area contributed by atoms with Crippen molar-refractivity contribution in [2.45, 2.75) is 13.5 Å². The van der Waals surface area contributed by atoms with Crippen LogP contribution in [-0.2, 0) is 4.79 Å². The van der Waals surface area contributed by atoms with Crippen LogP contribution in [0.3, 0.4) is 0 Å². The van der Waals surface area contributed by atoms with E-state index in [-0.39, 0.29) is 11.3 Å². The molecule has 0 atom stereocenters. The van der Waals surface area contributed by atoms with E-state index < -0.39 is 18.3 Å². The number of halogens is 3. The Morgan fingerprint density at radius 2 is 1.80 bits per heavy atom. The Morgan fingerprint density at radius 1 is 1.12 bits per heavy atom. The summed E-state index contributed by atoms with van der Waals surface area (Å²) in [5.74, 6) is -0.897. The van der Waals surface area contributed by atoms with Crippen LogP contribution >= 0.6 is 0 Å². The number of alkyl halides is 2. The van der Waals surface area contributed by atoms with Crippen molar-refractivity contribution >= 4 is 23.4 Å². The Labute approximate surface area is 141 Å². The van der Waals surface area contributed by atoms with Crippen molar-refractivity contribution in [1.29, 1.82) is 0 Å². The van der Waals surface area contributed by atoms with Crippen LogP contribution in [0.2, 0.25) is 0 Å². The maximum atomic E-state index is 13.0. The van der Waals surface area contributed by atoms with Crippen LogP contribution in [0.5, 0.6) is 5.75 Å². The quantitative estimate of drug-likeness (QED) is 0.778. The second-order valence-corrected chi connectivity index (χ2v) is 5.25. The third-order valence-electron chi connectivity index (χ3n) is 3.57. The molecule has 0 aliphatic carbocycles. The summed E-state index contributed by atoms with van der Waals surface area (Å²) in [6.45, 7) is -1.34. The summed E-state index contributed by atoms with van der Waals surface area (Å²) in [6, 6.07) is 11.5. The van der Waals surface area contributed by atoms with E-state index in [1.807, 2.05) is 0 Å². The maximum absolute atomic E-state index is 13.0. The van der Waals surface area contributed by atoms with Gasteiger partial charge in [-0.3, -0.25) is 4.79 Å². The van der Waals surface area contributed by atoms with Crippen LogP contribution in [-0.4, -0.2) is 18.2 Å². The summed E-state index contributed by atoms with van der Waals surface area (Å²) in [7, 11) is 0. The number of nitrogens with zero attached hydrogens (tertiary/aromatic N) is 2. The molecule has 0 aromatic heterocycles. The molecule has 128 valence electrons. The van der Waals surface area contributed by atoms with Crippen molar-refractivity contribution in [1.82, 2.24) is 0 Å². The molecule has 0 spiro atoms. The topological polar surface area (TPSA) is 41.9 Å². The Bertz CT molecular complexity index is 861. The number of benzene rings is 2. The van der Waals surface area contributed by atoms with Crippen LogP contribution < -0.4 is 9.75 Å². The highest BCUT2D eigenvalue weighted by molar-refractivity contribution is 6.32. The Kier molecular flexibility index (Phi) is 4.56. The van der Waals surface area contributed by atoms with E-state index in [2.05, 4.69) is 9.84 Å². The summed E-state index contributed by atoms with van der Waals surface area (Å²) in [5.41, 5.74) is 1.41. The van der Waals surface area contributed by atoms with Gasteiger partial charge in [0, 0.05) is 5.56 Å². The zero-order chi connectivity index (χ0) is 18.0. The van der Waals surface area contributed by atoms with Crippen LogP contribution in [0.15, 0.2) is 59.2 Å². The number of carbonyl (C=O) groups excluding carboxylic acids is 1. The highest BCUT2D eigenvalue weighted by atomic mass is 19.3. The first-order valence-corrected chi connectivity index (χ1v) is 7.37. The number of hydrazone groups is 1. The first-order chi connectivity index (χ1) is 12.0. The van der Waals surface area contributed by atoms with Crippen molar-refractivity contribution < 1.29 is 22.7 Å². The van der Waals surface area contributed by atoms with Gasteiger partial charge in [-0.15, -0.1) is 0 Å². The molecule has 1 heterocycles. The molecule has 0 radical (unpaired) electrons. The second kappa shape index (κ2) is 6.80. The monoisotopic (exact) mass is 346 g/mol. The van der Waals surface area contributed by atoms with E-state index in [0.29, 0.717) is 17.0 Å². The average Bonchev–Trinajstić information content (AvgIpc) is 2.85. The van der Waals surface area contributed by atoms with Gasteiger partial charge in [0.15, 0.2) is 0 Å². The number of hydrogen-bond donors (Lipinski definition) is 0. The molecular formula is C18H13F3N2O2. The first kappa shape index (κ1) is 16.8. The van der Waals surface area contributed by atoms with Gasteiger partial charge < -0.3 is 4.74 Å². The lowest BCUT2D eigenvalue weighted by Gasteiger charge is -2.11. The van der Waals surface area contributed by atoms with Gasteiger partial charge in [0.1, 0.15) is 11.6 Å². The van der Waals surface area contributed by atoms with Gasteiger partial charge in [-0.2, -0.15) is 18.9 Å². The van der Waals surface area contributed by atoms with Crippen molar-refractivity contribution in [2.24, 2.45) is 5.10 Å². The largest absolute Gasteiger partial charge is 0.434 e. The van der Waals surface area contributed by atoms with Crippen molar-refractivity contribution in [3.05, 3.63) is 65.5 Å². The van der Waals surface area contributed by atoms with Crippen molar-refractivity contribution in [2.75, 3.05) is 5.01 Å². The maximum Gasteiger partial charge on any atom is 0.387 e. The molecule has 2 aromatic rings. The molecule has 0 saturated heterocycles. The Morgan fingerprint density at radius 3 is 2.48 bits per heavy atom. The number of carbonyl (C=O) groups is 1. The van der Waals surface area contributed by atoms with Gasteiger partial charge in [0.2, 0.25) is 0 Å². The predicted octanol–water partition coefficient (Wildman–Crippen LogP) is 4.23. The van der Waals surface area contributed by atoms with Gasteiger partial charge in [0.25, 0.3) is 5.91 Å². The Balaban J connectivity index is 1.94. The molecule has 1 amide bonds. The zero-order valence-corrected chi connectivity index (χ0v) is 13.1. The molecule has 0 saturated carbocycles. The summed E-state index contributed by atoms with van der Waals surface area (Å²) in [4.78, 5) is 12.6. The van der Waals surface area contributed by atoms with Crippen LogP contribution in [0, 0.1) is 5.82 Å². The lowest BCUT2D eigenvalue weighted by Crippen LogP contribution is -2.21. The molecule has 0 fully saturated rings. The third-order valence-corrected chi connectivity index (χ3v) is 3.57. The summed E-state index contributed by atoms with van der Waals surface area (Å²) in [5, 5.41) is 5.29. The summed E-state index contributed by atoms with van der Waals surface area (Å²) >= 11 is 0. The fourth-order valence-electron chi connectivity index (χ4n) is 2.40. The number of hydrogen-bond acceptors (Lipinski definition) is 3. The van der Waals surface area contributed by atoms with Gasteiger partial charge in [-0.25, -0.2) is 4.39 Å². The second-order valence-electron chi connectivity index (χ2n) is 5.25. The van der Waals surface area contributed by atoms with Crippen molar-refractivity contribution in [3.63, 3.8) is 0 Å². The molecule has 0 unspecified atom stereocenters. The van der Waals surface area contributed by atoms with E-state index in [1.165, 1.54) is 36.4 Å². The normalized spacial score (nSPS) is 15.9. The van der Waals surface area contributed by atoms with E-state index in [9.17, 15) is 18.0 Å². The van der Waals surface area contributed by atoms with E-state index in [4.69, 9.17) is 0 Å². The molecule has 2 aromatic carbocycles. The minimum atomic E-state index is -2.97. The minimum absolute atomic E-state index is 0.0363. The highest BCUT2D eigenvalue weighted by Crippen LogP contribution is 2.28. The molecule has 25 heavy (non-hydrogen) atoms. The minimum Gasteiger partial charge on any atom is -0.434 e. The molecule has 3 rings (SSSR count). The van der Waals surface area contributed by atoms with E-state index in [1.54, 1.807) is 25.1 Å². The number of rotatable bonds is 4. The fourth-order valence-corrected chi connectivity index (χ4v) is 2.40. The predicted molar refractivity (Wildman–Crippen MR) is 88.0 cm³/mol. The van der Waals surface area contributed by atoms with Gasteiger partial charge in [0.05, 0.1) is 17.0 Å². The van der Waals surface area contributed by atoms with Crippen LogP contribution in [0.4, 0.5) is 18.9 Å². The first-order valence-electron chi connectivity index (χ1n) is 7.37. The molecule has 7 heteroatoms. The van der Waals surface area contributed by atoms with Crippen molar-refractivity contribution in [3.8, 4) is 5.75 Å². The molecule has 1 aliphatic rings. The fraction of sp³-hybridized carbons (Fsp3) is 0.111. The summed E-state index contributed by atoms with van der Waals surface area (Å²) in [6.07, 6.45) is 1.45. The molecule has 4 nitrogen and oxygen atoms in total. The molecular weight excluding hydrogens is 333 g/mol. The Hall–Kier alpha value is -3.09. The number of amides is 1. The van der Waals surface area contributed by atoms with Gasteiger partial charge >= 0.3 is 6.61 Å². The molecule has 0 bridgehead atoms. The smallest absolute Gasteiger partial charge is 0.387 e. The standard InChI is InChI=1S/C18H13F3N2O2/c1-11-15(10-12-4-2-3-5-16(12)25-18(20)21)17(24)23(22-11)14-8-6-13(19)7-9-14/h2-10,18H,1H3/b15-10-. The SMILES string of the molecule is CC1=NN(c2ccc(F)cc2)C(=O)/C1=C\c1ccccc1OC(F)F. The lowest BCUT2D eigenvalue weighted by molar-refractivity contribution is -0.114. The highest BCUT2D eigenvalue weighted by Gasteiger charge is 2.29. The van der Waals surface area contributed by atoms with Gasteiger partial charge in [-0.05, 0) is 43.3 Å². The number of ether oxygens (including phenoxy) is 1. The molecule has 0 N–H and O–H groups in total. The van der Waals surface area contributed by atoms with Crippen LogP contribution in [0.1, 0.15) is 12.5 Å². The van der Waals surface area contributed by atoms with Gasteiger partial charge in [-0.1, -0.05) is 18.2 Å². The average molecular weight is 346 g/mol. The number of para-hydroxylation sites is 1. The van der Waals surface area contributed by atoms with Crippen LogP contribution in [0.25, 0.3) is 6.08 Å². The zero-order valence-electron chi connectivity index (χ0n) is 13.1. The lowest BCUT2D eigenvalue weighted by atomic mass is 10.1. The summed E-state index contributed by atoms with van der Waals surface area (Å²) < 4.78 is 42.5. The third kappa shape index (κ3) is 3.55. The van der Waals surface area contributed by atoms with E-state index in [0.717, 1.165) is 5.01 Å². The molecule has 1 aliphatic heterocycles. The number of anilines is 1. The van der Waals surface area contributed by atoms with E-state index >= 15 is 0 Å².